The van der Waals surface area contributed by atoms with Crippen LogP contribution in [0.25, 0.3) is 0 Å². The van der Waals surface area contributed by atoms with Crippen molar-refractivity contribution in [3.63, 3.8) is 0 Å². The van der Waals surface area contributed by atoms with E-state index in [1.165, 1.54) is 0 Å². The van der Waals surface area contributed by atoms with Gasteiger partial charge in [0.05, 0.1) is 5.25 Å². The van der Waals surface area contributed by atoms with Crippen LogP contribution in [0.1, 0.15) is 64.7 Å². The molecule has 25 heavy (non-hydrogen) atoms. The minimum atomic E-state index is -5.95. The van der Waals surface area contributed by atoms with Crippen LogP contribution in [0.2, 0.25) is 0 Å². The van der Waals surface area contributed by atoms with Crippen LogP contribution in [-0.2, 0) is 9.84 Å². The van der Waals surface area contributed by atoms with Gasteiger partial charge >= 0.3 is 17.1 Å². The Kier molecular flexibility index (Phi) is 5.77. The van der Waals surface area contributed by atoms with Gasteiger partial charge in [0, 0.05) is 6.92 Å². The van der Waals surface area contributed by atoms with Crippen LogP contribution < -0.4 is 0 Å². The highest BCUT2D eigenvalue weighted by atomic mass is 32.2. The van der Waals surface area contributed by atoms with Crippen LogP contribution >= 0.6 is 0 Å². The van der Waals surface area contributed by atoms with Crippen LogP contribution in [-0.4, -0.2) is 30.8 Å². The summed E-state index contributed by atoms with van der Waals surface area (Å²) >= 11 is 0. The summed E-state index contributed by atoms with van der Waals surface area (Å²) in [5, 5.41) is -7.49. The summed E-state index contributed by atoms with van der Waals surface area (Å²) in [5.41, 5.74) is 0. The van der Waals surface area contributed by atoms with Crippen molar-refractivity contribution in [1.82, 2.24) is 0 Å². The average Bonchev–Trinajstić information content (AvgIpc) is 2.54. The molecule has 0 aromatic carbocycles. The molecular weight excluding hydrogens is 370 g/mol. The maximum atomic E-state index is 13.9. The molecule has 0 aromatic rings. The topological polar surface area (TPSA) is 34.1 Å². The number of sulfone groups is 1. The Hall–Kier alpha value is -0.470. The van der Waals surface area contributed by atoms with E-state index in [0.29, 0.717) is 18.8 Å². The van der Waals surface area contributed by atoms with Gasteiger partial charge in [0.25, 0.3) is 0 Å². The predicted octanol–water partition coefficient (Wildman–Crippen LogP) is 5.42. The summed E-state index contributed by atoms with van der Waals surface area (Å²) in [6.45, 7) is -0.392. The molecule has 2 aliphatic carbocycles. The molecule has 0 spiro atoms. The average molecular weight is 394 g/mol. The minimum Gasteiger partial charge on any atom is -0.222 e. The molecule has 0 aliphatic heterocycles. The molecule has 148 valence electrons. The first-order valence-electron chi connectivity index (χ1n) is 8.69. The van der Waals surface area contributed by atoms with Crippen molar-refractivity contribution in [2.75, 3.05) is 0 Å². The highest BCUT2D eigenvalue weighted by Gasteiger charge is 2.76. The lowest BCUT2D eigenvalue weighted by atomic mass is 9.73. The molecule has 0 amide bonds. The summed E-state index contributed by atoms with van der Waals surface area (Å²) in [6, 6.07) is 0. The number of alkyl halides is 6. The smallest absolute Gasteiger partial charge is 0.222 e. The van der Waals surface area contributed by atoms with Gasteiger partial charge in [-0.3, -0.25) is 0 Å². The highest BCUT2D eigenvalue weighted by Crippen LogP contribution is 2.51. The molecule has 0 bridgehead atoms. The number of halogens is 6. The second kappa shape index (κ2) is 6.93. The molecular formula is C16H24F6O2S. The van der Waals surface area contributed by atoms with E-state index in [2.05, 4.69) is 0 Å². The van der Waals surface area contributed by atoms with Crippen molar-refractivity contribution < 1.29 is 34.8 Å². The van der Waals surface area contributed by atoms with Gasteiger partial charge in [-0.2, -0.15) is 26.3 Å². The lowest BCUT2D eigenvalue weighted by Crippen LogP contribution is -2.58. The summed E-state index contributed by atoms with van der Waals surface area (Å²) in [4.78, 5) is 0. The SMILES string of the molecule is CC(F)(F)C(F)(F)C(F)(F)S(=O)(=O)C1CCC(C2CCCCC2)CC1. The van der Waals surface area contributed by atoms with Gasteiger partial charge in [-0.05, 0) is 37.5 Å². The molecule has 2 rings (SSSR count). The molecule has 2 aliphatic rings. The zero-order valence-electron chi connectivity index (χ0n) is 14.1. The molecule has 2 saturated carbocycles. The second-order valence-electron chi connectivity index (χ2n) is 7.46. The fraction of sp³-hybridized carbons (Fsp3) is 1.00. The van der Waals surface area contributed by atoms with E-state index in [9.17, 15) is 34.8 Å². The first-order valence-corrected chi connectivity index (χ1v) is 10.2. The van der Waals surface area contributed by atoms with Crippen LogP contribution in [0.5, 0.6) is 0 Å². The zero-order chi connectivity index (χ0) is 19.1. The lowest BCUT2D eigenvalue weighted by Gasteiger charge is -2.38. The van der Waals surface area contributed by atoms with E-state index in [1.807, 2.05) is 0 Å². The fourth-order valence-corrected chi connectivity index (χ4v) is 5.97. The van der Waals surface area contributed by atoms with E-state index in [1.54, 1.807) is 0 Å². The number of hydrogen-bond acceptors (Lipinski definition) is 2. The van der Waals surface area contributed by atoms with E-state index >= 15 is 0 Å². The first-order chi connectivity index (χ1) is 11.3. The van der Waals surface area contributed by atoms with Crippen molar-refractivity contribution in [3.05, 3.63) is 0 Å². The predicted molar refractivity (Wildman–Crippen MR) is 81.8 cm³/mol. The molecule has 0 atom stereocenters. The third-order valence-corrected chi connectivity index (χ3v) is 8.07. The Morgan fingerprint density at radius 2 is 1.16 bits per heavy atom. The van der Waals surface area contributed by atoms with E-state index in [0.717, 1.165) is 32.1 Å². The monoisotopic (exact) mass is 394 g/mol. The second-order valence-corrected chi connectivity index (χ2v) is 9.73. The number of hydrogen-bond donors (Lipinski definition) is 0. The normalized spacial score (nSPS) is 28.1. The maximum absolute atomic E-state index is 13.9. The van der Waals surface area contributed by atoms with Gasteiger partial charge in [-0.15, -0.1) is 0 Å². The molecule has 0 saturated heterocycles. The summed E-state index contributed by atoms with van der Waals surface area (Å²) < 4.78 is 105. The quantitative estimate of drug-likeness (QED) is 0.583. The summed E-state index contributed by atoms with van der Waals surface area (Å²) in [5.74, 6) is -10.5. The summed E-state index contributed by atoms with van der Waals surface area (Å²) in [7, 11) is -5.72. The maximum Gasteiger partial charge on any atom is 0.413 e. The molecule has 0 radical (unpaired) electrons. The van der Waals surface area contributed by atoms with Crippen LogP contribution in [0.3, 0.4) is 0 Å². The first kappa shape index (κ1) is 20.8. The lowest BCUT2D eigenvalue weighted by molar-refractivity contribution is -0.271. The van der Waals surface area contributed by atoms with Crippen molar-refractivity contribution in [2.24, 2.45) is 11.8 Å². The van der Waals surface area contributed by atoms with Crippen molar-refractivity contribution in [2.45, 2.75) is 87.1 Å². The van der Waals surface area contributed by atoms with Gasteiger partial charge in [-0.25, -0.2) is 8.42 Å². The third-order valence-electron chi connectivity index (χ3n) is 5.75. The largest absolute Gasteiger partial charge is 0.413 e. The van der Waals surface area contributed by atoms with Crippen molar-refractivity contribution in [1.29, 1.82) is 0 Å². The van der Waals surface area contributed by atoms with Gasteiger partial charge in [0.1, 0.15) is 0 Å². The van der Waals surface area contributed by atoms with Gasteiger partial charge in [-0.1, -0.05) is 32.1 Å². The fourth-order valence-electron chi connectivity index (χ4n) is 4.12. The van der Waals surface area contributed by atoms with Gasteiger partial charge < -0.3 is 0 Å². The molecule has 0 heterocycles. The Bertz CT molecular complexity index is 556. The van der Waals surface area contributed by atoms with Gasteiger partial charge in [0.2, 0.25) is 9.84 Å². The minimum absolute atomic E-state index is 0.176. The molecule has 2 nitrogen and oxygen atoms in total. The Balaban J connectivity index is 2.10. The third kappa shape index (κ3) is 3.67. The molecule has 0 unspecified atom stereocenters. The number of rotatable bonds is 5. The van der Waals surface area contributed by atoms with Gasteiger partial charge in [0.15, 0.2) is 0 Å². The Morgan fingerprint density at radius 3 is 1.60 bits per heavy atom. The van der Waals surface area contributed by atoms with E-state index in [4.69, 9.17) is 0 Å². The summed E-state index contributed by atoms with van der Waals surface area (Å²) in [6.07, 6.45) is 5.70. The standard InChI is InChI=1S/C16H24F6O2S/c1-14(17,18)15(19,20)16(21,22)25(23,24)13-9-7-12(8-10-13)11-5-3-2-4-6-11/h11-13H,2-10H2,1H3. The molecule has 9 heteroatoms. The van der Waals surface area contributed by atoms with E-state index in [-0.39, 0.29) is 18.8 Å². The highest BCUT2D eigenvalue weighted by molar-refractivity contribution is 7.93. The van der Waals surface area contributed by atoms with Crippen molar-refractivity contribution >= 4 is 9.84 Å². The van der Waals surface area contributed by atoms with Crippen LogP contribution in [0, 0.1) is 11.8 Å². The van der Waals surface area contributed by atoms with Crippen LogP contribution in [0.15, 0.2) is 0 Å². The Morgan fingerprint density at radius 1 is 0.720 bits per heavy atom. The Labute approximate surface area is 144 Å². The van der Waals surface area contributed by atoms with E-state index < -0.39 is 39.1 Å². The zero-order valence-corrected chi connectivity index (χ0v) is 14.9. The molecule has 0 N–H and O–H groups in total. The van der Waals surface area contributed by atoms with Crippen molar-refractivity contribution in [3.8, 4) is 0 Å². The molecule has 2 fully saturated rings. The van der Waals surface area contributed by atoms with Crippen LogP contribution in [0.4, 0.5) is 26.3 Å². The molecule has 0 aromatic heterocycles.